The minimum absolute atomic E-state index is 0.678. The van der Waals surface area contributed by atoms with Gasteiger partial charge in [-0.1, -0.05) is 29.8 Å². The summed E-state index contributed by atoms with van der Waals surface area (Å²) >= 11 is 0. The van der Waals surface area contributed by atoms with Gasteiger partial charge < -0.3 is 5.32 Å². The van der Waals surface area contributed by atoms with Crippen LogP contribution in [-0.2, 0) is 0 Å². The number of rotatable bonds is 3. The van der Waals surface area contributed by atoms with Gasteiger partial charge in [0.05, 0.1) is 0 Å². The van der Waals surface area contributed by atoms with Gasteiger partial charge in [0, 0.05) is 32.2 Å². The molecule has 1 heterocycles. The van der Waals surface area contributed by atoms with Crippen molar-refractivity contribution in [2.75, 3.05) is 26.2 Å². The van der Waals surface area contributed by atoms with Gasteiger partial charge in [-0.15, -0.1) is 0 Å². The zero-order chi connectivity index (χ0) is 11.7. The first-order valence-corrected chi connectivity index (χ1v) is 6.86. The first kappa shape index (κ1) is 11.2. The first-order chi connectivity index (χ1) is 8.34. The summed E-state index contributed by atoms with van der Waals surface area (Å²) in [6.07, 6.45) is 2.84. The summed E-state index contributed by atoms with van der Waals surface area (Å²) in [7, 11) is 0. The summed E-state index contributed by atoms with van der Waals surface area (Å²) in [6, 6.07) is 9.79. The van der Waals surface area contributed by atoms with Crippen LogP contribution in [0.2, 0.25) is 0 Å². The minimum atomic E-state index is 0.678. The zero-order valence-corrected chi connectivity index (χ0v) is 10.7. The summed E-state index contributed by atoms with van der Waals surface area (Å²) in [4.78, 5) is 2.68. The maximum Gasteiger partial charge on any atom is 0.0377 e. The first-order valence-electron chi connectivity index (χ1n) is 6.86. The summed E-state index contributed by atoms with van der Waals surface area (Å²) in [5, 5.41) is 3.45. The Bertz CT molecular complexity index is 378. The highest BCUT2D eigenvalue weighted by molar-refractivity contribution is 5.26. The number of hydrogen-bond donors (Lipinski definition) is 1. The minimum Gasteiger partial charge on any atom is -0.314 e. The molecule has 1 saturated carbocycles. The lowest BCUT2D eigenvalue weighted by Crippen LogP contribution is -2.45. The molecule has 3 rings (SSSR count). The maximum absolute atomic E-state index is 3.45. The normalized spacial score (nSPS) is 23.6. The van der Waals surface area contributed by atoms with Crippen LogP contribution in [0.5, 0.6) is 0 Å². The van der Waals surface area contributed by atoms with Crippen LogP contribution in [0.15, 0.2) is 24.3 Å². The molecule has 2 aliphatic rings. The molecule has 1 aliphatic carbocycles. The monoisotopic (exact) mass is 230 g/mol. The second-order valence-corrected chi connectivity index (χ2v) is 5.48. The lowest BCUT2D eigenvalue weighted by atomic mass is 9.98. The van der Waals surface area contributed by atoms with Crippen LogP contribution in [0.25, 0.3) is 0 Å². The molecule has 1 aromatic rings. The van der Waals surface area contributed by atoms with E-state index in [1.54, 1.807) is 0 Å². The highest BCUT2D eigenvalue weighted by atomic mass is 15.2. The Morgan fingerprint density at radius 3 is 2.65 bits per heavy atom. The van der Waals surface area contributed by atoms with E-state index in [1.807, 2.05) is 0 Å². The van der Waals surface area contributed by atoms with Crippen molar-refractivity contribution in [1.29, 1.82) is 0 Å². The standard InChI is InChI=1S/C15H22N2/c1-12-3-2-4-14(11-12)15(13-5-6-13)17-9-7-16-8-10-17/h2-4,11,13,15-16H,5-10H2,1H3/t15-/m1/s1. The van der Waals surface area contributed by atoms with Crippen LogP contribution in [0, 0.1) is 12.8 Å². The molecule has 17 heavy (non-hydrogen) atoms. The Morgan fingerprint density at radius 2 is 2.00 bits per heavy atom. The number of nitrogens with zero attached hydrogens (tertiary/aromatic N) is 1. The molecule has 0 aromatic heterocycles. The fourth-order valence-corrected chi connectivity index (χ4v) is 3.01. The van der Waals surface area contributed by atoms with Crippen molar-refractivity contribution in [2.24, 2.45) is 5.92 Å². The van der Waals surface area contributed by atoms with Crippen LogP contribution >= 0.6 is 0 Å². The Balaban J connectivity index is 1.83. The van der Waals surface area contributed by atoms with E-state index < -0.39 is 0 Å². The smallest absolute Gasteiger partial charge is 0.0377 e. The summed E-state index contributed by atoms with van der Waals surface area (Å²) in [6.45, 7) is 6.90. The Hall–Kier alpha value is -0.860. The molecule has 1 aromatic carbocycles. The van der Waals surface area contributed by atoms with Crippen LogP contribution < -0.4 is 5.32 Å². The van der Waals surface area contributed by atoms with Crippen molar-refractivity contribution >= 4 is 0 Å². The second kappa shape index (κ2) is 4.79. The molecule has 2 fully saturated rings. The number of aryl methyl sites for hydroxylation is 1. The number of piperazine rings is 1. The third-order valence-corrected chi connectivity index (χ3v) is 4.00. The van der Waals surface area contributed by atoms with Gasteiger partial charge in [0.25, 0.3) is 0 Å². The molecule has 0 bridgehead atoms. The Morgan fingerprint density at radius 1 is 1.24 bits per heavy atom. The van der Waals surface area contributed by atoms with E-state index in [1.165, 1.54) is 37.1 Å². The molecule has 0 spiro atoms. The largest absolute Gasteiger partial charge is 0.314 e. The SMILES string of the molecule is Cc1cccc([C@@H](C2CC2)N2CCNCC2)c1. The average Bonchev–Trinajstić information content (AvgIpc) is 3.15. The molecule has 1 aliphatic heterocycles. The lowest BCUT2D eigenvalue weighted by molar-refractivity contribution is 0.156. The molecule has 1 saturated heterocycles. The fraction of sp³-hybridized carbons (Fsp3) is 0.600. The van der Waals surface area contributed by atoms with Crippen molar-refractivity contribution in [3.05, 3.63) is 35.4 Å². The van der Waals surface area contributed by atoms with Crippen LogP contribution in [0.3, 0.4) is 0 Å². The predicted octanol–water partition coefficient (Wildman–Crippen LogP) is 2.35. The fourth-order valence-electron chi connectivity index (χ4n) is 3.01. The quantitative estimate of drug-likeness (QED) is 0.857. The average molecular weight is 230 g/mol. The van der Waals surface area contributed by atoms with Gasteiger partial charge in [0.2, 0.25) is 0 Å². The van der Waals surface area contributed by atoms with Gasteiger partial charge in [0.1, 0.15) is 0 Å². The van der Waals surface area contributed by atoms with Crippen LogP contribution in [0.1, 0.15) is 30.0 Å². The van der Waals surface area contributed by atoms with Crippen LogP contribution in [0.4, 0.5) is 0 Å². The topological polar surface area (TPSA) is 15.3 Å². The highest BCUT2D eigenvalue weighted by Gasteiger charge is 2.36. The van der Waals surface area contributed by atoms with Crippen molar-refractivity contribution in [3.8, 4) is 0 Å². The van der Waals surface area contributed by atoms with E-state index in [0.29, 0.717) is 6.04 Å². The van der Waals surface area contributed by atoms with Crippen molar-refractivity contribution < 1.29 is 0 Å². The summed E-state index contributed by atoms with van der Waals surface area (Å²) in [5.74, 6) is 0.912. The molecule has 2 nitrogen and oxygen atoms in total. The van der Waals surface area contributed by atoms with Crippen molar-refractivity contribution in [2.45, 2.75) is 25.8 Å². The third kappa shape index (κ3) is 2.53. The van der Waals surface area contributed by atoms with Gasteiger partial charge >= 0.3 is 0 Å². The maximum atomic E-state index is 3.45. The number of nitrogens with one attached hydrogen (secondary N) is 1. The molecule has 0 amide bonds. The van der Waals surface area contributed by atoms with Gasteiger partial charge in [-0.05, 0) is 31.2 Å². The van der Waals surface area contributed by atoms with Crippen molar-refractivity contribution in [1.82, 2.24) is 10.2 Å². The third-order valence-electron chi connectivity index (χ3n) is 4.00. The molecule has 1 atom stereocenters. The molecule has 2 heteroatoms. The molecule has 1 N–H and O–H groups in total. The van der Waals surface area contributed by atoms with E-state index >= 15 is 0 Å². The second-order valence-electron chi connectivity index (χ2n) is 5.48. The number of hydrogen-bond acceptors (Lipinski definition) is 2. The van der Waals surface area contributed by atoms with E-state index in [9.17, 15) is 0 Å². The molecule has 0 unspecified atom stereocenters. The van der Waals surface area contributed by atoms with Gasteiger partial charge in [0.15, 0.2) is 0 Å². The Kier molecular flexibility index (Phi) is 3.17. The number of benzene rings is 1. The molecular weight excluding hydrogens is 208 g/mol. The van der Waals surface area contributed by atoms with Crippen molar-refractivity contribution in [3.63, 3.8) is 0 Å². The van der Waals surface area contributed by atoms with Crippen LogP contribution in [-0.4, -0.2) is 31.1 Å². The molecule has 92 valence electrons. The van der Waals surface area contributed by atoms with Gasteiger partial charge in [-0.3, -0.25) is 4.90 Å². The Labute approximate surface area is 104 Å². The molecule has 0 radical (unpaired) electrons. The summed E-state index contributed by atoms with van der Waals surface area (Å²) < 4.78 is 0. The van der Waals surface area contributed by atoms with E-state index in [0.717, 1.165) is 19.0 Å². The zero-order valence-electron chi connectivity index (χ0n) is 10.7. The van der Waals surface area contributed by atoms with Gasteiger partial charge in [-0.2, -0.15) is 0 Å². The van der Waals surface area contributed by atoms with Gasteiger partial charge in [-0.25, -0.2) is 0 Å². The lowest BCUT2D eigenvalue weighted by Gasteiger charge is -2.35. The highest BCUT2D eigenvalue weighted by Crippen LogP contribution is 2.44. The molecular formula is C15H22N2. The summed E-state index contributed by atoms with van der Waals surface area (Å²) in [5.41, 5.74) is 2.93. The van der Waals surface area contributed by atoms with E-state index in [-0.39, 0.29) is 0 Å². The van der Waals surface area contributed by atoms with E-state index in [4.69, 9.17) is 0 Å². The predicted molar refractivity (Wildman–Crippen MR) is 71.1 cm³/mol. The van der Waals surface area contributed by atoms with E-state index in [2.05, 4.69) is 41.4 Å².